The van der Waals surface area contributed by atoms with Gasteiger partial charge in [-0.3, -0.25) is 4.79 Å². The van der Waals surface area contributed by atoms with E-state index in [1.165, 1.54) is 6.42 Å². The Bertz CT molecular complexity index is 709. The molecule has 24 heavy (non-hydrogen) atoms. The molecule has 5 heteroatoms. The van der Waals surface area contributed by atoms with Crippen LogP contribution in [0.3, 0.4) is 0 Å². The Morgan fingerprint density at radius 1 is 1.17 bits per heavy atom. The second kappa shape index (κ2) is 7.73. The van der Waals surface area contributed by atoms with Crippen molar-refractivity contribution in [1.29, 1.82) is 0 Å². The lowest BCUT2D eigenvalue weighted by Crippen LogP contribution is -2.36. The molecule has 1 aromatic heterocycles. The number of amides is 1. The Kier molecular flexibility index (Phi) is 5.21. The van der Waals surface area contributed by atoms with Crippen LogP contribution in [0.1, 0.15) is 29.8 Å². The van der Waals surface area contributed by atoms with Crippen molar-refractivity contribution in [1.82, 2.24) is 14.9 Å². The molecule has 1 N–H and O–H groups in total. The van der Waals surface area contributed by atoms with Crippen molar-refractivity contribution in [2.45, 2.75) is 19.3 Å². The second-order valence-electron chi connectivity index (χ2n) is 5.85. The van der Waals surface area contributed by atoms with Gasteiger partial charge in [-0.25, -0.2) is 9.97 Å². The molecule has 0 radical (unpaired) electrons. The molecule has 1 amide bonds. The zero-order valence-electron chi connectivity index (χ0n) is 13.7. The third kappa shape index (κ3) is 3.79. The molecule has 0 saturated carbocycles. The maximum Gasteiger partial charge on any atom is 0.272 e. The molecule has 5 nitrogen and oxygen atoms in total. The van der Waals surface area contributed by atoms with Crippen molar-refractivity contribution in [3.05, 3.63) is 54.7 Å². The Balaban J connectivity index is 1.94. The summed E-state index contributed by atoms with van der Waals surface area (Å²) in [5.74, 6) is 1.19. The number of nitrogens with zero attached hydrogens (tertiary/aromatic N) is 3. The molecule has 0 atom stereocenters. The molecule has 2 heterocycles. The molecule has 2 aromatic rings. The maximum absolute atomic E-state index is 12.8. The maximum atomic E-state index is 12.8. The van der Waals surface area contributed by atoms with Crippen molar-refractivity contribution < 1.29 is 4.79 Å². The van der Waals surface area contributed by atoms with Gasteiger partial charge in [0.15, 0.2) is 5.82 Å². The number of piperidine rings is 1. The van der Waals surface area contributed by atoms with E-state index in [2.05, 4.69) is 21.9 Å². The molecule has 0 bridgehead atoms. The van der Waals surface area contributed by atoms with Gasteiger partial charge >= 0.3 is 0 Å². The smallest absolute Gasteiger partial charge is 0.272 e. The molecular formula is C19H22N4O. The number of benzene rings is 1. The third-order valence-corrected chi connectivity index (χ3v) is 4.05. The Morgan fingerprint density at radius 3 is 2.62 bits per heavy atom. The standard InChI is InChI=1S/C19H22N4O/c1-2-11-20-17-14-16(19(24)23-12-7-4-8-13-23)21-18(22-17)15-9-5-3-6-10-15/h2-3,5-6,9-10,14H,1,4,7-8,11-13H2,(H,20,21,22). The molecule has 1 saturated heterocycles. The fourth-order valence-corrected chi connectivity index (χ4v) is 2.80. The highest BCUT2D eigenvalue weighted by atomic mass is 16.2. The van der Waals surface area contributed by atoms with Crippen LogP contribution in [0.25, 0.3) is 11.4 Å². The van der Waals surface area contributed by atoms with Gasteiger partial charge in [0.2, 0.25) is 0 Å². The van der Waals surface area contributed by atoms with Gasteiger partial charge in [-0.15, -0.1) is 6.58 Å². The number of carbonyl (C=O) groups excluding carboxylic acids is 1. The number of hydrogen-bond donors (Lipinski definition) is 1. The van der Waals surface area contributed by atoms with Crippen LogP contribution in [-0.4, -0.2) is 40.4 Å². The summed E-state index contributed by atoms with van der Waals surface area (Å²) in [5, 5.41) is 3.16. The van der Waals surface area contributed by atoms with Gasteiger partial charge in [-0.2, -0.15) is 0 Å². The first-order chi connectivity index (χ1) is 11.8. The van der Waals surface area contributed by atoms with Gasteiger partial charge in [0.1, 0.15) is 11.5 Å². The van der Waals surface area contributed by atoms with Crippen LogP contribution >= 0.6 is 0 Å². The van der Waals surface area contributed by atoms with E-state index in [9.17, 15) is 4.79 Å². The zero-order valence-corrected chi connectivity index (χ0v) is 13.7. The van der Waals surface area contributed by atoms with Gasteiger partial charge < -0.3 is 10.2 Å². The summed E-state index contributed by atoms with van der Waals surface area (Å²) in [6.07, 6.45) is 5.07. The summed E-state index contributed by atoms with van der Waals surface area (Å²) in [6.45, 7) is 5.90. The number of anilines is 1. The van der Waals surface area contributed by atoms with Gasteiger partial charge in [0.05, 0.1) is 0 Å². The Hall–Kier alpha value is -2.69. The molecule has 124 valence electrons. The van der Waals surface area contributed by atoms with Crippen molar-refractivity contribution in [2.24, 2.45) is 0 Å². The first-order valence-electron chi connectivity index (χ1n) is 8.36. The number of likely N-dealkylation sites (tertiary alicyclic amines) is 1. The van der Waals surface area contributed by atoms with Crippen LogP contribution in [0.15, 0.2) is 49.1 Å². The number of carbonyl (C=O) groups is 1. The summed E-state index contributed by atoms with van der Waals surface area (Å²) < 4.78 is 0. The first-order valence-corrected chi connectivity index (χ1v) is 8.36. The van der Waals surface area contributed by atoms with Crippen LogP contribution in [0.5, 0.6) is 0 Å². The van der Waals surface area contributed by atoms with Gasteiger partial charge in [0.25, 0.3) is 5.91 Å². The monoisotopic (exact) mass is 322 g/mol. The fourth-order valence-electron chi connectivity index (χ4n) is 2.80. The van der Waals surface area contributed by atoms with Gasteiger partial charge in [-0.05, 0) is 19.3 Å². The quantitative estimate of drug-likeness (QED) is 0.858. The summed E-state index contributed by atoms with van der Waals surface area (Å²) >= 11 is 0. The Morgan fingerprint density at radius 2 is 1.92 bits per heavy atom. The highest BCUT2D eigenvalue weighted by molar-refractivity contribution is 5.93. The number of nitrogens with one attached hydrogen (secondary N) is 1. The molecule has 3 rings (SSSR count). The molecule has 1 aliphatic heterocycles. The average Bonchev–Trinajstić information content (AvgIpc) is 2.67. The molecule has 1 aliphatic rings. The highest BCUT2D eigenvalue weighted by Crippen LogP contribution is 2.20. The fraction of sp³-hybridized carbons (Fsp3) is 0.316. The van der Waals surface area contributed by atoms with Crippen molar-refractivity contribution in [3.63, 3.8) is 0 Å². The molecule has 0 unspecified atom stereocenters. The van der Waals surface area contributed by atoms with Crippen molar-refractivity contribution >= 4 is 11.7 Å². The molecule has 0 spiro atoms. The third-order valence-electron chi connectivity index (χ3n) is 4.05. The predicted molar refractivity (Wildman–Crippen MR) is 95.9 cm³/mol. The average molecular weight is 322 g/mol. The summed E-state index contributed by atoms with van der Waals surface area (Å²) in [4.78, 5) is 23.7. The van der Waals surface area contributed by atoms with E-state index in [0.29, 0.717) is 23.9 Å². The lowest BCUT2D eigenvalue weighted by atomic mass is 10.1. The number of rotatable bonds is 5. The van der Waals surface area contributed by atoms with Gasteiger partial charge in [-0.1, -0.05) is 36.4 Å². The van der Waals surface area contributed by atoms with Crippen LogP contribution in [0, 0.1) is 0 Å². The van der Waals surface area contributed by atoms with Crippen molar-refractivity contribution in [3.8, 4) is 11.4 Å². The molecular weight excluding hydrogens is 300 g/mol. The van der Waals surface area contributed by atoms with E-state index in [4.69, 9.17) is 0 Å². The van der Waals surface area contributed by atoms with Crippen LogP contribution in [0.4, 0.5) is 5.82 Å². The van der Waals surface area contributed by atoms with E-state index < -0.39 is 0 Å². The zero-order chi connectivity index (χ0) is 16.8. The number of aromatic nitrogens is 2. The topological polar surface area (TPSA) is 58.1 Å². The largest absolute Gasteiger partial charge is 0.366 e. The Labute approximate surface area is 142 Å². The SMILES string of the molecule is C=CCNc1cc(C(=O)N2CCCCC2)nc(-c2ccccc2)n1. The van der Waals surface area contributed by atoms with E-state index in [-0.39, 0.29) is 5.91 Å². The van der Waals surface area contributed by atoms with E-state index in [0.717, 1.165) is 31.5 Å². The minimum absolute atomic E-state index is 0.0177. The summed E-state index contributed by atoms with van der Waals surface area (Å²) in [5.41, 5.74) is 1.34. The normalized spacial score (nSPS) is 14.2. The first kappa shape index (κ1) is 16.2. The van der Waals surface area contributed by atoms with Crippen molar-refractivity contribution in [2.75, 3.05) is 25.0 Å². The lowest BCUT2D eigenvalue weighted by molar-refractivity contribution is 0.0718. The number of hydrogen-bond acceptors (Lipinski definition) is 4. The van der Waals surface area contributed by atoms with Crippen LogP contribution in [-0.2, 0) is 0 Å². The van der Waals surface area contributed by atoms with E-state index >= 15 is 0 Å². The second-order valence-corrected chi connectivity index (χ2v) is 5.85. The van der Waals surface area contributed by atoms with Gasteiger partial charge in [0, 0.05) is 31.3 Å². The molecule has 0 aliphatic carbocycles. The lowest BCUT2D eigenvalue weighted by Gasteiger charge is -2.26. The summed E-state index contributed by atoms with van der Waals surface area (Å²) in [6, 6.07) is 11.4. The molecule has 1 aromatic carbocycles. The minimum atomic E-state index is -0.0177. The predicted octanol–water partition coefficient (Wildman–Crippen LogP) is 3.37. The van der Waals surface area contributed by atoms with E-state index in [1.54, 1.807) is 12.1 Å². The van der Waals surface area contributed by atoms with Crippen LogP contribution in [0.2, 0.25) is 0 Å². The van der Waals surface area contributed by atoms with E-state index in [1.807, 2.05) is 35.2 Å². The summed E-state index contributed by atoms with van der Waals surface area (Å²) in [7, 11) is 0. The minimum Gasteiger partial charge on any atom is -0.366 e. The van der Waals surface area contributed by atoms with Crippen LogP contribution < -0.4 is 5.32 Å². The molecule has 1 fully saturated rings. The highest BCUT2D eigenvalue weighted by Gasteiger charge is 2.21.